The number of ether oxygens (including phenoxy) is 2. The molecule has 0 saturated heterocycles. The number of aromatic nitrogens is 2. The average Bonchev–Trinajstić information content (AvgIpc) is 2.74. The third-order valence-corrected chi connectivity index (χ3v) is 4.24. The minimum Gasteiger partial charge on any atom is -0.419 e. The first-order valence-electron chi connectivity index (χ1n) is 9.22. The Labute approximate surface area is 181 Å². The number of carbonyl (C=O) groups excluding carboxylic acids is 2. The van der Waals surface area contributed by atoms with Crippen LogP contribution < -0.4 is 20.9 Å². The maximum Gasteiger partial charge on any atom is 0.351 e. The summed E-state index contributed by atoms with van der Waals surface area (Å²) in [6.45, 7) is 2.81. The van der Waals surface area contributed by atoms with Gasteiger partial charge in [-0.1, -0.05) is 30.3 Å². The zero-order valence-corrected chi connectivity index (χ0v) is 17.1. The number of nitrogens with two attached hydrogens (primary N) is 2. The van der Waals surface area contributed by atoms with Crippen LogP contribution in [0.1, 0.15) is 16.7 Å². The van der Waals surface area contributed by atoms with Crippen LogP contribution in [-0.2, 0) is 9.59 Å². The molecule has 0 saturated carbocycles. The second-order valence-corrected chi connectivity index (χ2v) is 6.71. The molecule has 0 radical (unpaired) electrons. The van der Waals surface area contributed by atoms with Crippen LogP contribution in [0.2, 0.25) is 0 Å². The number of hydrogen-bond acceptors (Lipinski definition) is 8. The van der Waals surface area contributed by atoms with Crippen LogP contribution in [0.4, 0.5) is 20.4 Å². The molecule has 32 heavy (non-hydrogen) atoms. The van der Waals surface area contributed by atoms with Crippen molar-refractivity contribution in [2.45, 2.75) is 13.8 Å². The molecule has 0 bridgehead atoms. The first kappa shape index (κ1) is 22.3. The van der Waals surface area contributed by atoms with Crippen LogP contribution in [0.15, 0.2) is 48.0 Å². The van der Waals surface area contributed by atoms with E-state index < -0.39 is 29.4 Å². The molecule has 3 rings (SSSR count). The number of aryl methyl sites for hydroxylation is 2. The molecule has 0 unspecified atom stereocenters. The topological polar surface area (TPSA) is 130 Å². The zero-order valence-electron chi connectivity index (χ0n) is 17.1. The van der Waals surface area contributed by atoms with Crippen LogP contribution in [0, 0.1) is 25.7 Å². The van der Waals surface area contributed by atoms with Gasteiger partial charge in [0.25, 0.3) is 0 Å². The molecule has 164 valence electrons. The predicted octanol–water partition coefficient (Wildman–Crippen LogP) is 3.13. The fourth-order valence-corrected chi connectivity index (χ4v) is 2.55. The van der Waals surface area contributed by atoms with Crippen LogP contribution in [0.25, 0.3) is 6.08 Å². The first-order chi connectivity index (χ1) is 15.2. The summed E-state index contributed by atoms with van der Waals surface area (Å²) in [6, 6.07) is 10.7. The molecule has 0 atom stereocenters. The fraction of sp³-hybridized carbons (Fsp3) is 0.0909. The van der Waals surface area contributed by atoms with E-state index in [1.807, 2.05) is 0 Å². The Balaban J connectivity index is 1.96. The summed E-state index contributed by atoms with van der Waals surface area (Å²) in [4.78, 5) is 32.6. The number of hydrogen-bond donors (Lipinski definition) is 2. The van der Waals surface area contributed by atoms with Gasteiger partial charge in [0.2, 0.25) is 11.9 Å². The van der Waals surface area contributed by atoms with Crippen molar-refractivity contribution in [3.05, 3.63) is 76.6 Å². The molecule has 0 amide bonds. The smallest absolute Gasteiger partial charge is 0.351 e. The Bertz CT molecular complexity index is 1160. The van der Waals surface area contributed by atoms with E-state index in [-0.39, 0.29) is 34.3 Å². The molecule has 0 fully saturated rings. The fourth-order valence-electron chi connectivity index (χ4n) is 2.55. The number of nitrogen functional groups attached to an aromatic ring is 2. The molecule has 3 aromatic rings. The molecule has 0 aliphatic rings. The minimum atomic E-state index is -1.14. The molecule has 4 N–H and O–H groups in total. The maximum atomic E-state index is 13.6. The third kappa shape index (κ3) is 5.04. The highest BCUT2D eigenvalue weighted by atomic mass is 19.1. The van der Waals surface area contributed by atoms with Crippen molar-refractivity contribution in [2.24, 2.45) is 0 Å². The van der Waals surface area contributed by atoms with E-state index in [1.165, 1.54) is 32.1 Å². The first-order valence-corrected chi connectivity index (χ1v) is 9.22. The Morgan fingerprint density at radius 2 is 1.28 bits per heavy atom. The number of halogens is 2. The minimum absolute atomic E-state index is 0.0822. The van der Waals surface area contributed by atoms with Crippen LogP contribution >= 0.6 is 0 Å². The second kappa shape index (κ2) is 9.21. The molecule has 8 nitrogen and oxygen atoms in total. The zero-order chi connectivity index (χ0) is 23.4. The highest BCUT2D eigenvalue weighted by Crippen LogP contribution is 2.26. The van der Waals surface area contributed by atoms with Crippen LogP contribution in [0.5, 0.6) is 11.5 Å². The van der Waals surface area contributed by atoms with E-state index in [9.17, 15) is 18.4 Å². The van der Waals surface area contributed by atoms with E-state index >= 15 is 0 Å². The summed E-state index contributed by atoms with van der Waals surface area (Å²) in [6.07, 6.45) is 1.23. The molecular weight excluding hydrogens is 422 g/mol. The van der Waals surface area contributed by atoms with Gasteiger partial charge in [-0.05, 0) is 37.6 Å². The van der Waals surface area contributed by atoms with Crippen molar-refractivity contribution in [3.63, 3.8) is 0 Å². The van der Waals surface area contributed by atoms with Crippen molar-refractivity contribution >= 4 is 29.7 Å². The quantitative estimate of drug-likeness (QED) is 0.203. The SMILES string of the molecule is Cc1cc(OC(=O)C(=Cc2ccccc2)C(=O)Oc2cc(C)c(F)nc2N)c(N)nc1F. The van der Waals surface area contributed by atoms with Gasteiger partial charge in [-0.2, -0.15) is 18.7 Å². The van der Waals surface area contributed by atoms with E-state index in [4.69, 9.17) is 20.9 Å². The Morgan fingerprint density at radius 1 is 0.844 bits per heavy atom. The lowest BCUT2D eigenvalue weighted by molar-refractivity contribution is -0.137. The number of carbonyl (C=O) groups is 2. The molecule has 1 aromatic carbocycles. The predicted molar refractivity (Wildman–Crippen MR) is 112 cm³/mol. The average molecular weight is 440 g/mol. The molecule has 2 heterocycles. The number of anilines is 2. The van der Waals surface area contributed by atoms with Crippen molar-refractivity contribution in [2.75, 3.05) is 11.5 Å². The van der Waals surface area contributed by atoms with E-state index in [2.05, 4.69) is 9.97 Å². The Morgan fingerprint density at radius 3 is 1.72 bits per heavy atom. The summed E-state index contributed by atoms with van der Waals surface area (Å²) < 4.78 is 37.5. The summed E-state index contributed by atoms with van der Waals surface area (Å²) in [5, 5.41) is 0. The van der Waals surface area contributed by atoms with Gasteiger partial charge in [-0.3, -0.25) is 0 Å². The standard InChI is InChI=1S/C22H18F2N4O4/c1-11-8-15(19(25)27-17(11)23)31-21(29)14(10-13-6-4-3-5-7-13)22(30)32-16-9-12(2)18(24)28-20(16)26/h3-10H,1-2H3,(H2,25,27)(H2,26,28). The molecular formula is C22H18F2N4O4. The van der Waals surface area contributed by atoms with Gasteiger partial charge >= 0.3 is 11.9 Å². The summed E-state index contributed by atoms with van der Waals surface area (Å²) in [5.74, 6) is -5.15. The normalized spacial score (nSPS) is 10.4. The van der Waals surface area contributed by atoms with Crippen LogP contribution in [0.3, 0.4) is 0 Å². The van der Waals surface area contributed by atoms with Crippen molar-refractivity contribution in [1.82, 2.24) is 9.97 Å². The van der Waals surface area contributed by atoms with Crippen LogP contribution in [-0.4, -0.2) is 21.9 Å². The van der Waals surface area contributed by atoms with Gasteiger partial charge in [-0.25, -0.2) is 9.59 Å². The molecule has 0 aliphatic heterocycles. The number of benzene rings is 1. The number of nitrogens with zero attached hydrogens (tertiary/aromatic N) is 2. The highest BCUT2D eigenvalue weighted by molar-refractivity contribution is 6.19. The Kier molecular flexibility index (Phi) is 6.43. The van der Waals surface area contributed by atoms with Gasteiger partial charge in [0.15, 0.2) is 23.1 Å². The number of esters is 2. The van der Waals surface area contributed by atoms with E-state index in [0.29, 0.717) is 5.56 Å². The second-order valence-electron chi connectivity index (χ2n) is 6.71. The Hall–Kier alpha value is -4.34. The maximum absolute atomic E-state index is 13.6. The highest BCUT2D eigenvalue weighted by Gasteiger charge is 2.25. The molecule has 0 spiro atoms. The summed E-state index contributed by atoms with van der Waals surface area (Å²) in [7, 11) is 0. The largest absolute Gasteiger partial charge is 0.419 e. The summed E-state index contributed by atoms with van der Waals surface area (Å²) >= 11 is 0. The third-order valence-electron chi connectivity index (χ3n) is 4.24. The monoisotopic (exact) mass is 440 g/mol. The summed E-state index contributed by atoms with van der Waals surface area (Å²) in [5.41, 5.74) is 11.4. The van der Waals surface area contributed by atoms with Gasteiger partial charge in [0.1, 0.15) is 5.57 Å². The van der Waals surface area contributed by atoms with Crippen molar-refractivity contribution in [1.29, 1.82) is 0 Å². The van der Waals surface area contributed by atoms with Crippen molar-refractivity contribution in [3.8, 4) is 11.5 Å². The molecule has 0 aliphatic carbocycles. The molecule has 2 aromatic heterocycles. The molecule has 10 heteroatoms. The number of pyridine rings is 2. The van der Waals surface area contributed by atoms with Gasteiger partial charge in [0.05, 0.1) is 0 Å². The van der Waals surface area contributed by atoms with Gasteiger partial charge < -0.3 is 20.9 Å². The lowest BCUT2D eigenvalue weighted by Crippen LogP contribution is -2.23. The lowest BCUT2D eigenvalue weighted by atomic mass is 10.1. The lowest BCUT2D eigenvalue weighted by Gasteiger charge is -2.12. The van der Waals surface area contributed by atoms with Gasteiger partial charge in [-0.15, -0.1) is 0 Å². The van der Waals surface area contributed by atoms with Crippen molar-refractivity contribution < 1.29 is 27.8 Å². The number of rotatable bonds is 5. The van der Waals surface area contributed by atoms with Gasteiger partial charge in [0, 0.05) is 11.1 Å². The van der Waals surface area contributed by atoms with E-state index in [0.717, 1.165) is 0 Å². The van der Waals surface area contributed by atoms with E-state index in [1.54, 1.807) is 30.3 Å².